The third-order valence-electron chi connectivity index (χ3n) is 3.88. The van der Waals surface area contributed by atoms with E-state index in [9.17, 15) is 4.79 Å². The SMILES string of the molecule is COCCNC(=O)[C@H]1CN(Cc2nccs2)Cc2ccnn2C1. The van der Waals surface area contributed by atoms with E-state index in [0.717, 1.165) is 23.8 Å². The lowest BCUT2D eigenvalue weighted by Gasteiger charge is -2.22. The summed E-state index contributed by atoms with van der Waals surface area (Å²) in [6.07, 6.45) is 3.61. The third kappa shape index (κ3) is 4.15. The number of thiazole rings is 1. The van der Waals surface area contributed by atoms with Crippen LogP contribution in [-0.4, -0.2) is 52.4 Å². The molecule has 0 saturated heterocycles. The van der Waals surface area contributed by atoms with Gasteiger partial charge in [0.15, 0.2) is 0 Å². The van der Waals surface area contributed by atoms with Crippen molar-refractivity contribution in [3.8, 4) is 0 Å². The first kappa shape index (κ1) is 16.1. The van der Waals surface area contributed by atoms with Crippen molar-refractivity contribution in [1.82, 2.24) is 25.0 Å². The fourth-order valence-corrected chi connectivity index (χ4v) is 3.42. The van der Waals surface area contributed by atoms with Gasteiger partial charge in [-0.2, -0.15) is 5.10 Å². The summed E-state index contributed by atoms with van der Waals surface area (Å²) in [7, 11) is 1.63. The summed E-state index contributed by atoms with van der Waals surface area (Å²) >= 11 is 1.64. The molecule has 0 radical (unpaired) electrons. The third-order valence-corrected chi connectivity index (χ3v) is 4.64. The topological polar surface area (TPSA) is 72.3 Å². The van der Waals surface area contributed by atoms with Crippen LogP contribution >= 0.6 is 11.3 Å². The fraction of sp³-hybridized carbons (Fsp3) is 0.533. The zero-order valence-corrected chi connectivity index (χ0v) is 14.0. The molecule has 1 aliphatic rings. The van der Waals surface area contributed by atoms with Gasteiger partial charge in [0.1, 0.15) is 5.01 Å². The molecule has 1 atom stereocenters. The van der Waals surface area contributed by atoms with Crippen LogP contribution in [0.25, 0.3) is 0 Å². The van der Waals surface area contributed by atoms with Crippen LogP contribution in [0.2, 0.25) is 0 Å². The predicted molar refractivity (Wildman–Crippen MR) is 86.8 cm³/mol. The molecule has 8 heteroatoms. The molecule has 0 bridgehead atoms. The number of methoxy groups -OCH3 is 1. The molecule has 0 aromatic carbocycles. The quantitative estimate of drug-likeness (QED) is 0.788. The average molecular weight is 335 g/mol. The van der Waals surface area contributed by atoms with Gasteiger partial charge >= 0.3 is 0 Å². The lowest BCUT2D eigenvalue weighted by molar-refractivity contribution is -0.126. The lowest BCUT2D eigenvalue weighted by atomic mass is 10.1. The van der Waals surface area contributed by atoms with E-state index in [1.165, 1.54) is 0 Å². The van der Waals surface area contributed by atoms with Crippen molar-refractivity contribution in [2.75, 3.05) is 26.8 Å². The molecule has 0 saturated carbocycles. The Morgan fingerprint density at radius 2 is 2.39 bits per heavy atom. The summed E-state index contributed by atoms with van der Waals surface area (Å²) in [6.45, 7) is 3.89. The molecule has 3 rings (SSSR count). The van der Waals surface area contributed by atoms with Gasteiger partial charge in [-0.25, -0.2) is 4.98 Å². The molecule has 124 valence electrons. The maximum Gasteiger partial charge on any atom is 0.226 e. The Morgan fingerprint density at radius 3 is 3.17 bits per heavy atom. The van der Waals surface area contributed by atoms with Gasteiger partial charge in [0.05, 0.1) is 31.3 Å². The largest absolute Gasteiger partial charge is 0.383 e. The summed E-state index contributed by atoms with van der Waals surface area (Å²) in [4.78, 5) is 19.1. The Morgan fingerprint density at radius 1 is 1.48 bits per heavy atom. The van der Waals surface area contributed by atoms with Crippen LogP contribution in [0, 0.1) is 5.92 Å². The van der Waals surface area contributed by atoms with E-state index >= 15 is 0 Å². The van der Waals surface area contributed by atoms with Gasteiger partial charge in [-0.15, -0.1) is 11.3 Å². The van der Waals surface area contributed by atoms with Gasteiger partial charge in [-0.3, -0.25) is 14.4 Å². The first-order valence-electron chi connectivity index (χ1n) is 7.64. The van der Waals surface area contributed by atoms with Crippen LogP contribution in [0.1, 0.15) is 10.7 Å². The molecule has 0 unspecified atom stereocenters. The molecule has 1 amide bonds. The molecule has 0 fully saturated rings. The molecule has 0 aliphatic carbocycles. The number of rotatable bonds is 6. The summed E-state index contributed by atoms with van der Waals surface area (Å²) in [6, 6.07) is 2.01. The number of hydrogen-bond acceptors (Lipinski definition) is 6. The number of carbonyl (C=O) groups is 1. The minimum Gasteiger partial charge on any atom is -0.383 e. The van der Waals surface area contributed by atoms with Gasteiger partial charge in [0, 0.05) is 44.5 Å². The standard InChI is InChI=1S/C15H21N5O2S/c1-22-6-4-17-15(21)12-8-19(11-14-16-5-7-23-14)10-13-2-3-18-20(13)9-12/h2-3,5,7,12H,4,6,8-11H2,1H3,(H,17,21)/t12-/m0/s1. The zero-order chi connectivity index (χ0) is 16.1. The van der Waals surface area contributed by atoms with Crippen LogP contribution < -0.4 is 5.32 Å². The van der Waals surface area contributed by atoms with Crippen molar-refractivity contribution in [2.45, 2.75) is 19.6 Å². The van der Waals surface area contributed by atoms with E-state index in [1.807, 2.05) is 22.3 Å². The van der Waals surface area contributed by atoms with Gasteiger partial charge in [-0.05, 0) is 6.07 Å². The number of aromatic nitrogens is 3. The second-order valence-electron chi connectivity index (χ2n) is 5.58. The Bertz CT molecular complexity index is 628. The average Bonchev–Trinajstić information content (AvgIpc) is 3.16. The molecule has 7 nitrogen and oxygen atoms in total. The smallest absolute Gasteiger partial charge is 0.226 e. The van der Waals surface area contributed by atoms with Crippen LogP contribution in [0.4, 0.5) is 0 Å². The molecule has 2 aromatic heterocycles. The summed E-state index contributed by atoms with van der Waals surface area (Å²) in [5.41, 5.74) is 1.13. The van der Waals surface area contributed by atoms with E-state index in [1.54, 1.807) is 24.6 Å². The van der Waals surface area contributed by atoms with Crippen LogP contribution in [0.5, 0.6) is 0 Å². The Kier molecular flexibility index (Phi) is 5.37. The number of ether oxygens (including phenoxy) is 1. The predicted octanol–water partition coefficient (Wildman–Crippen LogP) is 0.734. The number of nitrogens with zero attached hydrogens (tertiary/aromatic N) is 4. The second-order valence-corrected chi connectivity index (χ2v) is 6.56. The van der Waals surface area contributed by atoms with Crippen molar-refractivity contribution in [2.24, 2.45) is 5.92 Å². The van der Waals surface area contributed by atoms with Crippen LogP contribution in [0.15, 0.2) is 23.8 Å². The highest BCUT2D eigenvalue weighted by molar-refractivity contribution is 7.09. The van der Waals surface area contributed by atoms with E-state index in [4.69, 9.17) is 4.74 Å². The highest BCUT2D eigenvalue weighted by Gasteiger charge is 2.27. The normalized spacial score (nSPS) is 18.4. The van der Waals surface area contributed by atoms with Crippen molar-refractivity contribution in [3.63, 3.8) is 0 Å². The maximum atomic E-state index is 12.5. The van der Waals surface area contributed by atoms with Gasteiger partial charge in [0.25, 0.3) is 0 Å². The van der Waals surface area contributed by atoms with Gasteiger partial charge in [0.2, 0.25) is 5.91 Å². The van der Waals surface area contributed by atoms with Gasteiger partial charge in [-0.1, -0.05) is 0 Å². The fourth-order valence-electron chi connectivity index (χ4n) is 2.76. The van der Waals surface area contributed by atoms with Crippen molar-refractivity contribution in [1.29, 1.82) is 0 Å². The summed E-state index contributed by atoms with van der Waals surface area (Å²) < 4.78 is 6.92. The van der Waals surface area contributed by atoms with Crippen molar-refractivity contribution < 1.29 is 9.53 Å². The summed E-state index contributed by atoms with van der Waals surface area (Å²) in [5, 5.41) is 10.3. The monoisotopic (exact) mass is 335 g/mol. The van der Waals surface area contributed by atoms with Crippen LogP contribution in [-0.2, 0) is 29.2 Å². The molecular weight excluding hydrogens is 314 g/mol. The minimum atomic E-state index is -0.132. The number of amides is 1. The highest BCUT2D eigenvalue weighted by Crippen LogP contribution is 2.19. The Hall–Kier alpha value is -1.77. The van der Waals surface area contributed by atoms with Crippen molar-refractivity contribution in [3.05, 3.63) is 34.5 Å². The van der Waals surface area contributed by atoms with Crippen molar-refractivity contribution >= 4 is 17.2 Å². The van der Waals surface area contributed by atoms with E-state index < -0.39 is 0 Å². The molecule has 23 heavy (non-hydrogen) atoms. The Labute approximate surface area is 139 Å². The number of hydrogen-bond donors (Lipinski definition) is 1. The Balaban J connectivity index is 1.70. The zero-order valence-electron chi connectivity index (χ0n) is 13.1. The maximum absolute atomic E-state index is 12.5. The molecule has 1 N–H and O–H groups in total. The number of carbonyl (C=O) groups excluding carboxylic acids is 1. The molecular formula is C15H21N5O2S. The molecule has 3 heterocycles. The first-order chi connectivity index (χ1) is 11.3. The second kappa shape index (κ2) is 7.67. The van der Waals surface area contributed by atoms with Crippen LogP contribution in [0.3, 0.4) is 0 Å². The molecule has 2 aromatic rings. The first-order valence-corrected chi connectivity index (χ1v) is 8.52. The van der Waals surface area contributed by atoms with E-state index in [2.05, 4.69) is 20.3 Å². The van der Waals surface area contributed by atoms with E-state index in [-0.39, 0.29) is 11.8 Å². The number of nitrogens with one attached hydrogen (secondary N) is 1. The lowest BCUT2D eigenvalue weighted by Crippen LogP contribution is -2.40. The van der Waals surface area contributed by atoms with E-state index in [0.29, 0.717) is 26.2 Å². The number of fused-ring (bicyclic) bond motifs is 1. The highest BCUT2D eigenvalue weighted by atomic mass is 32.1. The van der Waals surface area contributed by atoms with Gasteiger partial charge < -0.3 is 10.1 Å². The minimum absolute atomic E-state index is 0.0505. The molecule has 0 spiro atoms. The molecule has 1 aliphatic heterocycles. The summed E-state index contributed by atoms with van der Waals surface area (Å²) in [5.74, 6) is -0.0810.